The maximum atomic E-state index is 13.9. The standard InChI is InChI=1S/C39H40N2O6/c1-45-30-13-15-32-34(24-30)47-21-19-41-33-23-29(12-14-31(33)36(37(32)41)28-6-3-2-4-7-28)38(44)40-39(17-5-18-39)35(43)22-27-10-8-26(9-11-27)16-20-46-25-42/h8-16,20,23-25,28H,2-7,17-19,21-22H2,1H3,(H,40,44)/b20-16+. The van der Waals surface area contributed by atoms with E-state index in [1.807, 2.05) is 48.5 Å². The van der Waals surface area contributed by atoms with E-state index < -0.39 is 5.54 Å². The fraction of sp³-hybridized carbons (Fsp3) is 0.359. The van der Waals surface area contributed by atoms with Crippen molar-refractivity contribution in [3.63, 3.8) is 0 Å². The summed E-state index contributed by atoms with van der Waals surface area (Å²) in [5.41, 5.74) is 6.05. The maximum absolute atomic E-state index is 13.9. The molecule has 1 aliphatic heterocycles. The highest BCUT2D eigenvalue weighted by molar-refractivity contribution is 6.04. The zero-order valence-electron chi connectivity index (χ0n) is 26.8. The van der Waals surface area contributed by atoms with E-state index in [0.29, 0.717) is 43.9 Å². The quantitative estimate of drug-likeness (QED) is 0.145. The molecule has 8 nitrogen and oxygen atoms in total. The SMILES string of the molecule is COc1ccc2c(c1)OCCn1c-2c(C2CCCCC2)c2ccc(C(=O)NC3(C(=O)Cc4ccc(/C=C/OC=O)cc4)CCC3)cc21. The van der Waals surface area contributed by atoms with Gasteiger partial charge in [0.05, 0.1) is 31.1 Å². The number of ketones is 1. The predicted molar refractivity (Wildman–Crippen MR) is 181 cm³/mol. The van der Waals surface area contributed by atoms with Crippen molar-refractivity contribution in [1.82, 2.24) is 9.88 Å². The smallest absolute Gasteiger partial charge is 0.297 e. The Morgan fingerprint density at radius 1 is 1.00 bits per heavy atom. The summed E-state index contributed by atoms with van der Waals surface area (Å²) in [5.74, 6) is 1.83. The van der Waals surface area contributed by atoms with Crippen LogP contribution in [0.5, 0.6) is 11.5 Å². The molecule has 4 aromatic rings. The van der Waals surface area contributed by atoms with Gasteiger partial charge in [-0.05, 0) is 85.1 Å². The van der Waals surface area contributed by atoms with Crippen molar-refractivity contribution in [1.29, 1.82) is 0 Å². The molecule has 242 valence electrons. The number of methoxy groups -OCH3 is 1. The van der Waals surface area contributed by atoms with Gasteiger partial charge in [0.2, 0.25) is 0 Å². The molecule has 2 aliphatic carbocycles. The number of benzene rings is 3. The van der Waals surface area contributed by atoms with Crippen molar-refractivity contribution in [3.05, 3.63) is 89.2 Å². The molecular weight excluding hydrogens is 592 g/mol. The fourth-order valence-corrected chi connectivity index (χ4v) is 7.58. The molecule has 3 aromatic carbocycles. The van der Waals surface area contributed by atoms with Crippen LogP contribution in [0.3, 0.4) is 0 Å². The number of nitrogens with one attached hydrogen (secondary N) is 1. The van der Waals surface area contributed by atoms with E-state index in [0.717, 1.165) is 53.0 Å². The molecule has 1 amide bonds. The first-order valence-corrected chi connectivity index (χ1v) is 16.7. The van der Waals surface area contributed by atoms with Crippen LogP contribution in [0, 0.1) is 0 Å². The largest absolute Gasteiger partial charge is 0.497 e. The number of rotatable bonds is 10. The number of carbonyl (C=O) groups excluding carboxylic acids is 3. The summed E-state index contributed by atoms with van der Waals surface area (Å²) in [6.45, 7) is 1.54. The first-order chi connectivity index (χ1) is 23.0. The van der Waals surface area contributed by atoms with Crippen LogP contribution in [0.15, 0.2) is 66.9 Å². The van der Waals surface area contributed by atoms with E-state index >= 15 is 0 Å². The minimum atomic E-state index is -0.864. The third kappa shape index (κ3) is 5.93. The fourth-order valence-electron chi connectivity index (χ4n) is 7.58. The lowest BCUT2D eigenvalue weighted by atomic mass is 9.72. The second kappa shape index (κ2) is 13.1. The number of carbonyl (C=O) groups is 3. The maximum Gasteiger partial charge on any atom is 0.297 e. The van der Waals surface area contributed by atoms with Crippen LogP contribution in [-0.2, 0) is 27.3 Å². The molecule has 7 rings (SSSR count). The molecule has 47 heavy (non-hydrogen) atoms. The van der Waals surface area contributed by atoms with Crippen LogP contribution in [0.25, 0.3) is 28.2 Å². The van der Waals surface area contributed by atoms with Crippen molar-refractivity contribution >= 4 is 35.1 Å². The Balaban J connectivity index is 1.18. The molecule has 3 aliphatic rings. The molecule has 2 heterocycles. The van der Waals surface area contributed by atoms with Gasteiger partial charge in [-0.3, -0.25) is 14.4 Å². The van der Waals surface area contributed by atoms with Crippen LogP contribution in [-0.4, -0.2) is 42.0 Å². The van der Waals surface area contributed by atoms with Crippen LogP contribution in [0.2, 0.25) is 0 Å². The summed E-state index contributed by atoms with van der Waals surface area (Å²) in [5, 5.41) is 4.36. The zero-order chi connectivity index (χ0) is 32.4. The van der Waals surface area contributed by atoms with Crippen LogP contribution >= 0.6 is 0 Å². The Morgan fingerprint density at radius 2 is 1.81 bits per heavy atom. The molecule has 0 spiro atoms. The van der Waals surface area contributed by atoms with E-state index in [9.17, 15) is 14.4 Å². The van der Waals surface area contributed by atoms with Gasteiger partial charge in [0, 0.05) is 34.5 Å². The van der Waals surface area contributed by atoms with Crippen LogP contribution in [0.4, 0.5) is 0 Å². The Morgan fingerprint density at radius 3 is 2.53 bits per heavy atom. The van der Waals surface area contributed by atoms with E-state index in [1.54, 1.807) is 13.2 Å². The molecule has 0 bridgehead atoms. The third-order valence-corrected chi connectivity index (χ3v) is 10.2. The van der Waals surface area contributed by atoms with Gasteiger partial charge in [-0.25, -0.2) is 0 Å². The van der Waals surface area contributed by atoms with E-state index in [4.69, 9.17) is 9.47 Å². The Bertz CT molecular complexity index is 1840. The third-order valence-electron chi connectivity index (χ3n) is 10.2. The Hall–Kier alpha value is -4.85. The van der Waals surface area contributed by atoms with Gasteiger partial charge in [-0.15, -0.1) is 0 Å². The highest BCUT2D eigenvalue weighted by Crippen LogP contribution is 2.48. The average Bonchev–Trinajstić information content (AvgIpc) is 3.28. The van der Waals surface area contributed by atoms with E-state index in [2.05, 4.69) is 26.8 Å². The summed E-state index contributed by atoms with van der Waals surface area (Å²) in [6.07, 6.45) is 11.4. The monoisotopic (exact) mass is 632 g/mol. The summed E-state index contributed by atoms with van der Waals surface area (Å²) in [6, 6.07) is 19.6. The van der Waals surface area contributed by atoms with E-state index in [-0.39, 0.29) is 18.1 Å². The predicted octanol–water partition coefficient (Wildman–Crippen LogP) is 7.37. The van der Waals surface area contributed by atoms with Gasteiger partial charge in [0.1, 0.15) is 18.1 Å². The van der Waals surface area contributed by atoms with Gasteiger partial charge in [-0.1, -0.05) is 49.6 Å². The number of amides is 1. The van der Waals surface area contributed by atoms with Gasteiger partial charge in [-0.2, -0.15) is 0 Å². The second-order valence-electron chi connectivity index (χ2n) is 13.0. The van der Waals surface area contributed by atoms with Gasteiger partial charge in [0.15, 0.2) is 5.78 Å². The number of hydrogen-bond donors (Lipinski definition) is 1. The highest BCUT2D eigenvalue weighted by Gasteiger charge is 2.45. The summed E-state index contributed by atoms with van der Waals surface area (Å²) < 4.78 is 18.7. The van der Waals surface area contributed by atoms with Gasteiger partial charge in [0.25, 0.3) is 12.4 Å². The minimum Gasteiger partial charge on any atom is -0.497 e. The molecular formula is C39H40N2O6. The van der Waals surface area contributed by atoms with Crippen LogP contribution in [0.1, 0.15) is 84.3 Å². The average molecular weight is 633 g/mol. The number of aromatic nitrogens is 1. The summed E-state index contributed by atoms with van der Waals surface area (Å²) >= 11 is 0. The molecule has 0 radical (unpaired) electrons. The number of fused-ring (bicyclic) bond motifs is 5. The molecule has 1 aromatic heterocycles. The van der Waals surface area contributed by atoms with E-state index in [1.165, 1.54) is 42.2 Å². The minimum absolute atomic E-state index is 0.0195. The lowest BCUT2D eigenvalue weighted by molar-refractivity contribution is -0.127. The lowest BCUT2D eigenvalue weighted by Gasteiger charge is -2.41. The molecule has 0 atom stereocenters. The number of ether oxygens (including phenoxy) is 3. The Labute approximate surface area is 274 Å². The summed E-state index contributed by atoms with van der Waals surface area (Å²) in [4.78, 5) is 37.9. The van der Waals surface area contributed by atoms with Crippen molar-refractivity contribution in [2.75, 3.05) is 13.7 Å². The van der Waals surface area contributed by atoms with Crippen molar-refractivity contribution < 1.29 is 28.6 Å². The molecule has 8 heteroatoms. The molecule has 1 N–H and O–H groups in total. The Kier molecular flexibility index (Phi) is 8.58. The summed E-state index contributed by atoms with van der Waals surface area (Å²) in [7, 11) is 1.67. The van der Waals surface area contributed by atoms with Gasteiger partial charge >= 0.3 is 0 Å². The lowest BCUT2D eigenvalue weighted by Crippen LogP contribution is -2.59. The van der Waals surface area contributed by atoms with Crippen molar-refractivity contribution in [2.45, 2.75) is 75.8 Å². The highest BCUT2D eigenvalue weighted by atomic mass is 16.5. The first kappa shape index (κ1) is 30.8. The van der Waals surface area contributed by atoms with Gasteiger partial charge < -0.3 is 24.1 Å². The molecule has 0 unspecified atom stereocenters. The topological polar surface area (TPSA) is 95.9 Å². The van der Waals surface area contributed by atoms with Crippen LogP contribution < -0.4 is 14.8 Å². The first-order valence-electron chi connectivity index (χ1n) is 16.7. The van der Waals surface area contributed by atoms with Crippen molar-refractivity contribution in [2.24, 2.45) is 0 Å². The normalized spacial score (nSPS) is 17.1. The zero-order valence-corrected chi connectivity index (χ0v) is 26.8. The number of hydrogen-bond acceptors (Lipinski definition) is 6. The molecule has 2 fully saturated rings. The molecule has 2 saturated carbocycles. The second-order valence-corrected chi connectivity index (χ2v) is 13.0. The number of Topliss-reactive ketones (excluding diaryl/α,β-unsaturated/α-hetero) is 1. The van der Waals surface area contributed by atoms with Crippen molar-refractivity contribution in [3.8, 4) is 22.8 Å². The molecule has 0 saturated heterocycles. The number of nitrogens with zero attached hydrogens (tertiary/aromatic N) is 1.